The average Bonchev–Trinajstić information content (AvgIpc) is 2.35. The molecule has 1 unspecified atom stereocenters. The third-order valence-corrected chi connectivity index (χ3v) is 4.87. The zero-order valence-electron chi connectivity index (χ0n) is 10.2. The fourth-order valence-corrected chi connectivity index (χ4v) is 3.60. The van der Waals surface area contributed by atoms with Crippen LogP contribution in [0.4, 0.5) is 0 Å². The summed E-state index contributed by atoms with van der Waals surface area (Å²) in [5.74, 6) is 0. The van der Waals surface area contributed by atoms with Crippen molar-refractivity contribution in [1.82, 2.24) is 0 Å². The fourth-order valence-electron chi connectivity index (χ4n) is 1.90. The van der Waals surface area contributed by atoms with Gasteiger partial charge in [0, 0.05) is 5.66 Å². The zero-order valence-corrected chi connectivity index (χ0v) is 12.2. The van der Waals surface area contributed by atoms with E-state index in [1.54, 1.807) is 0 Å². The summed E-state index contributed by atoms with van der Waals surface area (Å²) in [6, 6.07) is 17.5. The molecule has 0 aromatic heterocycles. The molecule has 0 aliphatic rings. The molecule has 2 heteroatoms. The van der Waals surface area contributed by atoms with Crippen LogP contribution in [0.15, 0.2) is 48.5 Å². The van der Waals surface area contributed by atoms with Gasteiger partial charge in [-0.25, -0.2) is 0 Å². The van der Waals surface area contributed by atoms with Gasteiger partial charge in [0.05, 0.1) is 0 Å². The van der Waals surface area contributed by atoms with Crippen molar-refractivity contribution in [2.24, 2.45) is 0 Å². The van der Waals surface area contributed by atoms with E-state index in [-0.39, 0.29) is 7.36 Å². The summed E-state index contributed by atoms with van der Waals surface area (Å²) in [5, 5.41) is 0. The first-order valence-electron chi connectivity index (χ1n) is 5.79. The first-order chi connectivity index (χ1) is 8.20. The van der Waals surface area contributed by atoms with Crippen molar-refractivity contribution in [3.8, 4) is 0 Å². The Morgan fingerprint density at radius 1 is 0.765 bits per heavy atom. The van der Waals surface area contributed by atoms with Crippen molar-refractivity contribution in [2.45, 2.75) is 19.5 Å². The summed E-state index contributed by atoms with van der Waals surface area (Å²) in [6.07, 6.45) is 0. The van der Waals surface area contributed by atoms with Crippen molar-refractivity contribution in [2.75, 3.05) is 0 Å². The minimum atomic E-state index is -0.0146. The van der Waals surface area contributed by atoms with Crippen LogP contribution in [0.5, 0.6) is 0 Å². The lowest BCUT2D eigenvalue weighted by Crippen LogP contribution is -1.93. The van der Waals surface area contributed by atoms with Gasteiger partial charge in [0.2, 0.25) is 0 Å². The molecule has 88 valence electrons. The third-order valence-electron chi connectivity index (χ3n) is 3.01. The van der Waals surface area contributed by atoms with E-state index in [1.165, 1.54) is 22.3 Å². The highest BCUT2D eigenvalue weighted by atomic mass is 32.4. The van der Waals surface area contributed by atoms with Gasteiger partial charge in [-0.2, -0.15) is 0 Å². The molecule has 0 radical (unpaired) electrons. The van der Waals surface area contributed by atoms with Crippen LogP contribution in [0.1, 0.15) is 27.9 Å². The molecule has 0 saturated carbocycles. The van der Waals surface area contributed by atoms with Crippen LogP contribution in [0.3, 0.4) is 0 Å². The van der Waals surface area contributed by atoms with Crippen LogP contribution in [0.25, 0.3) is 0 Å². The quantitative estimate of drug-likeness (QED) is 0.743. The van der Waals surface area contributed by atoms with E-state index in [0.29, 0.717) is 5.66 Å². The molecule has 0 saturated heterocycles. The van der Waals surface area contributed by atoms with Crippen molar-refractivity contribution in [3.63, 3.8) is 0 Å². The first-order valence-corrected chi connectivity index (χ1v) is 8.34. The molecule has 0 heterocycles. The lowest BCUT2D eigenvalue weighted by Gasteiger charge is -2.13. The molecular formula is C15H17PS. The van der Waals surface area contributed by atoms with Gasteiger partial charge < -0.3 is 0 Å². The lowest BCUT2D eigenvalue weighted by molar-refractivity contribution is 1.15. The van der Waals surface area contributed by atoms with Gasteiger partial charge in [-0.1, -0.05) is 67.0 Å². The molecule has 0 N–H and O–H groups in total. The maximum Gasteiger partial charge on any atom is 0.0331 e. The van der Waals surface area contributed by atoms with Gasteiger partial charge in [-0.3, -0.25) is 0 Å². The second kappa shape index (κ2) is 5.62. The molecule has 0 amide bonds. The van der Waals surface area contributed by atoms with Crippen LogP contribution in [0, 0.1) is 13.8 Å². The summed E-state index contributed by atoms with van der Waals surface area (Å²) in [5.41, 5.74) is 5.73. The van der Waals surface area contributed by atoms with Crippen molar-refractivity contribution in [3.05, 3.63) is 70.8 Å². The number of rotatable bonds is 3. The summed E-state index contributed by atoms with van der Waals surface area (Å²) in [4.78, 5) is 0. The van der Waals surface area contributed by atoms with Crippen LogP contribution < -0.4 is 0 Å². The minimum Gasteiger partial charge on any atom is -0.103 e. The molecule has 2 rings (SSSR count). The molecule has 0 fully saturated rings. The molecule has 0 aliphatic carbocycles. The maximum atomic E-state index is 5.39. The van der Waals surface area contributed by atoms with E-state index in [2.05, 4.69) is 62.4 Å². The van der Waals surface area contributed by atoms with Crippen molar-refractivity contribution >= 4 is 19.2 Å². The number of hydrogen-bond acceptors (Lipinski definition) is 1. The fraction of sp³-hybridized carbons (Fsp3) is 0.200. The monoisotopic (exact) mass is 260 g/mol. The third kappa shape index (κ3) is 3.06. The number of aryl methyl sites for hydroxylation is 2. The normalized spacial score (nSPS) is 11.5. The molecular weight excluding hydrogens is 243 g/mol. The molecule has 17 heavy (non-hydrogen) atoms. The Bertz CT molecular complexity index is 454. The second-order valence-electron chi connectivity index (χ2n) is 4.44. The standard InChI is InChI=1S/C15H17PS/c1-11-3-7-13(8-4-11)15(16-17)14-9-5-12(2)6-10-14/h3-10,15H,16H2,1-2H3. The average molecular weight is 260 g/mol. The van der Waals surface area contributed by atoms with Gasteiger partial charge in [-0.15, -0.1) is 11.8 Å². The Labute approximate surface area is 110 Å². The van der Waals surface area contributed by atoms with Gasteiger partial charge in [-0.05, 0) is 25.0 Å². The predicted octanol–water partition coefficient (Wildman–Crippen LogP) is 4.27. The van der Waals surface area contributed by atoms with Crippen molar-refractivity contribution in [1.29, 1.82) is 0 Å². The summed E-state index contributed by atoms with van der Waals surface area (Å²) < 4.78 is 0. The van der Waals surface area contributed by atoms with E-state index in [1.807, 2.05) is 0 Å². The molecule has 0 aliphatic heterocycles. The highest BCUT2D eigenvalue weighted by Crippen LogP contribution is 2.34. The van der Waals surface area contributed by atoms with Gasteiger partial charge in [0.25, 0.3) is 0 Å². The van der Waals surface area contributed by atoms with Gasteiger partial charge >= 0.3 is 0 Å². The van der Waals surface area contributed by atoms with Crippen LogP contribution >= 0.6 is 7.36 Å². The summed E-state index contributed by atoms with van der Waals surface area (Å²) in [6.45, 7) is 4.23. The van der Waals surface area contributed by atoms with Crippen molar-refractivity contribution < 1.29 is 0 Å². The van der Waals surface area contributed by atoms with Crippen LogP contribution in [-0.2, 0) is 11.8 Å². The molecule has 0 bridgehead atoms. The largest absolute Gasteiger partial charge is 0.103 e. The minimum absolute atomic E-state index is 0.0146. The Hall–Kier alpha value is -0.910. The smallest absolute Gasteiger partial charge is 0.0331 e. The SMILES string of the molecule is Cc1ccc(C([PH2]=S)c2ccc(C)cc2)cc1. The van der Waals surface area contributed by atoms with E-state index in [4.69, 9.17) is 11.8 Å². The molecule has 0 nitrogen and oxygen atoms in total. The Morgan fingerprint density at radius 3 is 1.41 bits per heavy atom. The zero-order chi connectivity index (χ0) is 12.3. The van der Waals surface area contributed by atoms with Crippen LogP contribution in [0.2, 0.25) is 0 Å². The second-order valence-corrected chi connectivity index (χ2v) is 6.19. The van der Waals surface area contributed by atoms with Crippen LogP contribution in [-0.4, -0.2) is 0 Å². The highest BCUT2D eigenvalue weighted by molar-refractivity contribution is 7.96. The van der Waals surface area contributed by atoms with E-state index in [9.17, 15) is 0 Å². The van der Waals surface area contributed by atoms with E-state index < -0.39 is 0 Å². The van der Waals surface area contributed by atoms with E-state index in [0.717, 1.165) is 0 Å². The first kappa shape index (κ1) is 12.5. The van der Waals surface area contributed by atoms with E-state index >= 15 is 0 Å². The molecule has 0 spiro atoms. The molecule has 2 aromatic carbocycles. The summed E-state index contributed by atoms with van der Waals surface area (Å²) >= 11 is 5.39. The van der Waals surface area contributed by atoms with Gasteiger partial charge in [0.15, 0.2) is 0 Å². The molecule has 2 aromatic rings. The molecule has 1 atom stereocenters. The maximum absolute atomic E-state index is 5.39. The number of hydrogen-bond donors (Lipinski definition) is 0. The highest BCUT2D eigenvalue weighted by Gasteiger charge is 2.09. The Morgan fingerprint density at radius 2 is 1.12 bits per heavy atom. The Balaban J connectivity index is 2.36. The predicted molar refractivity (Wildman–Crippen MR) is 81.3 cm³/mol. The number of benzene rings is 2. The topological polar surface area (TPSA) is 0 Å². The summed E-state index contributed by atoms with van der Waals surface area (Å²) in [7, 11) is -0.0146. The lowest BCUT2D eigenvalue weighted by atomic mass is 10.0. The van der Waals surface area contributed by atoms with Gasteiger partial charge in [0.1, 0.15) is 0 Å². The Kier molecular flexibility index (Phi) is 4.15.